The van der Waals surface area contributed by atoms with Gasteiger partial charge in [-0.2, -0.15) is 0 Å². The number of carbonyl (C=O) groups excluding carboxylic acids is 1. The van der Waals surface area contributed by atoms with Crippen molar-refractivity contribution in [1.29, 1.82) is 0 Å². The molecule has 0 aromatic heterocycles. The first kappa shape index (κ1) is 17.0. The Morgan fingerprint density at radius 1 is 1.30 bits per heavy atom. The summed E-state index contributed by atoms with van der Waals surface area (Å²) in [6.45, 7) is 8.62. The first-order chi connectivity index (χ1) is 9.41. The lowest BCUT2D eigenvalue weighted by Gasteiger charge is -2.21. The van der Waals surface area contributed by atoms with Crippen molar-refractivity contribution in [2.24, 2.45) is 23.7 Å². The molecule has 1 aliphatic rings. The van der Waals surface area contributed by atoms with Gasteiger partial charge in [-0.25, -0.2) is 0 Å². The average Bonchev–Trinajstić information content (AvgIpc) is 2.78. The number of carboxylic acids is 1. The van der Waals surface area contributed by atoms with Gasteiger partial charge in [0.05, 0.1) is 5.92 Å². The summed E-state index contributed by atoms with van der Waals surface area (Å²) in [6, 6.07) is 0. The van der Waals surface area contributed by atoms with Gasteiger partial charge in [-0.3, -0.25) is 9.59 Å². The van der Waals surface area contributed by atoms with Gasteiger partial charge in [0.2, 0.25) is 5.91 Å². The van der Waals surface area contributed by atoms with Crippen molar-refractivity contribution < 1.29 is 14.7 Å². The number of hydrogen-bond acceptors (Lipinski definition) is 3. The monoisotopic (exact) mass is 284 g/mol. The third-order valence-corrected chi connectivity index (χ3v) is 4.34. The topological polar surface area (TPSA) is 78.4 Å². The van der Waals surface area contributed by atoms with E-state index in [4.69, 9.17) is 5.11 Å². The van der Waals surface area contributed by atoms with Gasteiger partial charge < -0.3 is 15.7 Å². The molecular weight excluding hydrogens is 256 g/mol. The third kappa shape index (κ3) is 5.49. The Kier molecular flexibility index (Phi) is 6.99. The molecule has 0 spiro atoms. The summed E-state index contributed by atoms with van der Waals surface area (Å²) in [7, 11) is 0. The first-order valence-electron chi connectivity index (χ1n) is 7.62. The highest BCUT2D eigenvalue weighted by Gasteiger charge is 2.29. The molecule has 1 aliphatic heterocycles. The highest BCUT2D eigenvalue weighted by Crippen LogP contribution is 2.21. The summed E-state index contributed by atoms with van der Waals surface area (Å²) in [4.78, 5) is 22.7. The van der Waals surface area contributed by atoms with E-state index in [0.717, 1.165) is 19.5 Å². The average molecular weight is 284 g/mol. The molecule has 3 N–H and O–H groups in total. The summed E-state index contributed by atoms with van der Waals surface area (Å²) in [5.74, 6) is 0.645. The van der Waals surface area contributed by atoms with Gasteiger partial charge in [0, 0.05) is 19.5 Å². The van der Waals surface area contributed by atoms with E-state index in [1.54, 1.807) is 0 Å². The van der Waals surface area contributed by atoms with E-state index in [1.165, 1.54) is 0 Å². The minimum absolute atomic E-state index is 0.0755. The molecule has 20 heavy (non-hydrogen) atoms. The second-order valence-electron chi connectivity index (χ2n) is 6.26. The van der Waals surface area contributed by atoms with Crippen LogP contribution < -0.4 is 10.6 Å². The van der Waals surface area contributed by atoms with Crippen molar-refractivity contribution in [3.05, 3.63) is 0 Å². The van der Waals surface area contributed by atoms with Crippen molar-refractivity contribution in [3.63, 3.8) is 0 Å². The molecule has 5 heteroatoms. The van der Waals surface area contributed by atoms with Crippen LogP contribution in [0, 0.1) is 23.7 Å². The first-order valence-corrected chi connectivity index (χ1v) is 7.62. The van der Waals surface area contributed by atoms with E-state index >= 15 is 0 Å². The fraction of sp³-hybridized carbons (Fsp3) is 0.867. The van der Waals surface area contributed by atoms with Crippen LogP contribution in [0.15, 0.2) is 0 Å². The smallest absolute Gasteiger partial charge is 0.303 e. The molecular formula is C15H28N2O3. The Morgan fingerprint density at radius 2 is 2.00 bits per heavy atom. The van der Waals surface area contributed by atoms with E-state index in [2.05, 4.69) is 31.4 Å². The predicted molar refractivity (Wildman–Crippen MR) is 78.3 cm³/mol. The molecule has 0 aromatic carbocycles. The maximum absolute atomic E-state index is 12.0. The largest absolute Gasteiger partial charge is 0.481 e. The summed E-state index contributed by atoms with van der Waals surface area (Å²) < 4.78 is 0. The van der Waals surface area contributed by atoms with E-state index < -0.39 is 5.97 Å². The summed E-state index contributed by atoms with van der Waals surface area (Å²) >= 11 is 0. The molecule has 0 saturated carbocycles. The number of carboxylic acid groups (broad SMARTS) is 1. The van der Waals surface area contributed by atoms with Crippen LogP contribution in [-0.2, 0) is 9.59 Å². The lowest BCUT2D eigenvalue weighted by Crippen LogP contribution is -2.35. The minimum atomic E-state index is -0.745. The van der Waals surface area contributed by atoms with Gasteiger partial charge in [0.15, 0.2) is 0 Å². The van der Waals surface area contributed by atoms with Crippen molar-refractivity contribution in [2.75, 3.05) is 19.6 Å². The number of carbonyl (C=O) groups is 2. The minimum Gasteiger partial charge on any atom is -0.481 e. The molecule has 1 amide bonds. The third-order valence-electron chi connectivity index (χ3n) is 4.34. The van der Waals surface area contributed by atoms with Crippen LogP contribution in [0.1, 0.15) is 40.0 Å². The number of hydrogen-bond donors (Lipinski definition) is 3. The Balaban J connectivity index is 2.29. The van der Waals surface area contributed by atoms with Crippen LogP contribution in [0.5, 0.6) is 0 Å². The number of aliphatic carboxylic acids is 1. The Hall–Kier alpha value is -1.10. The Morgan fingerprint density at radius 3 is 2.50 bits per heavy atom. The van der Waals surface area contributed by atoms with Gasteiger partial charge in [0.1, 0.15) is 0 Å². The second-order valence-corrected chi connectivity index (χ2v) is 6.26. The standard InChI is InChI=1S/C15H28N2O3/c1-10(2)12(4-5-14(18)19)6-7-17-15(20)13-9-16-8-11(13)3/h10-13,16H,4-9H2,1-3H3,(H,17,20)(H,18,19)/t11-,12?,13-/m1/s1. The second kappa shape index (κ2) is 8.25. The number of nitrogens with one attached hydrogen (secondary N) is 2. The van der Waals surface area contributed by atoms with Gasteiger partial charge in [-0.05, 0) is 37.1 Å². The molecule has 1 rings (SSSR count). The Labute approximate surface area is 121 Å². The zero-order valence-corrected chi connectivity index (χ0v) is 12.8. The lowest BCUT2D eigenvalue weighted by molar-refractivity contribution is -0.137. The molecule has 116 valence electrons. The molecule has 1 heterocycles. The molecule has 1 saturated heterocycles. The zero-order valence-electron chi connectivity index (χ0n) is 12.8. The quantitative estimate of drug-likeness (QED) is 0.631. The Bertz CT molecular complexity index is 331. The fourth-order valence-corrected chi connectivity index (χ4v) is 2.79. The summed E-state index contributed by atoms with van der Waals surface area (Å²) in [5, 5.41) is 15.0. The van der Waals surface area contributed by atoms with Crippen molar-refractivity contribution in [1.82, 2.24) is 10.6 Å². The van der Waals surface area contributed by atoms with Gasteiger partial charge in [-0.1, -0.05) is 20.8 Å². The zero-order chi connectivity index (χ0) is 15.1. The summed E-state index contributed by atoms with van der Waals surface area (Å²) in [6.07, 6.45) is 1.75. The highest BCUT2D eigenvalue weighted by atomic mass is 16.4. The number of amides is 1. The molecule has 5 nitrogen and oxygen atoms in total. The molecule has 0 aromatic rings. The van der Waals surface area contributed by atoms with Crippen molar-refractivity contribution >= 4 is 11.9 Å². The summed E-state index contributed by atoms with van der Waals surface area (Å²) in [5.41, 5.74) is 0. The van der Waals surface area contributed by atoms with E-state index in [0.29, 0.717) is 30.7 Å². The van der Waals surface area contributed by atoms with Crippen molar-refractivity contribution in [3.8, 4) is 0 Å². The maximum atomic E-state index is 12.0. The van der Waals surface area contributed by atoms with E-state index in [9.17, 15) is 9.59 Å². The fourth-order valence-electron chi connectivity index (χ4n) is 2.79. The van der Waals surface area contributed by atoms with Crippen molar-refractivity contribution in [2.45, 2.75) is 40.0 Å². The van der Waals surface area contributed by atoms with Crippen LogP contribution in [0.3, 0.4) is 0 Å². The number of rotatable bonds is 8. The molecule has 3 atom stereocenters. The maximum Gasteiger partial charge on any atom is 0.303 e. The molecule has 1 fully saturated rings. The van der Waals surface area contributed by atoms with Gasteiger partial charge in [-0.15, -0.1) is 0 Å². The lowest BCUT2D eigenvalue weighted by atomic mass is 9.88. The van der Waals surface area contributed by atoms with E-state index in [-0.39, 0.29) is 18.2 Å². The molecule has 0 radical (unpaired) electrons. The molecule has 1 unspecified atom stereocenters. The normalized spacial score (nSPS) is 23.8. The van der Waals surface area contributed by atoms with Crippen LogP contribution in [0.4, 0.5) is 0 Å². The highest BCUT2D eigenvalue weighted by molar-refractivity contribution is 5.79. The van der Waals surface area contributed by atoms with E-state index in [1.807, 2.05) is 0 Å². The molecule has 0 aliphatic carbocycles. The van der Waals surface area contributed by atoms with Crippen LogP contribution in [0.2, 0.25) is 0 Å². The predicted octanol–water partition coefficient (Wildman–Crippen LogP) is 1.49. The SMILES string of the molecule is CC(C)C(CCNC(=O)[C@@H]1CNC[C@H]1C)CCC(=O)O. The van der Waals surface area contributed by atoms with Gasteiger partial charge >= 0.3 is 5.97 Å². The van der Waals surface area contributed by atoms with Crippen LogP contribution in [0.25, 0.3) is 0 Å². The van der Waals surface area contributed by atoms with Crippen LogP contribution in [-0.4, -0.2) is 36.6 Å². The van der Waals surface area contributed by atoms with Crippen LogP contribution >= 0.6 is 0 Å². The van der Waals surface area contributed by atoms with Gasteiger partial charge in [0.25, 0.3) is 0 Å². The molecule has 0 bridgehead atoms.